The fourth-order valence-electron chi connectivity index (χ4n) is 2.06. The van der Waals surface area contributed by atoms with E-state index in [9.17, 15) is 4.79 Å². The van der Waals surface area contributed by atoms with Crippen molar-refractivity contribution < 1.29 is 4.79 Å². The molecular weight excluding hydrogens is 258 g/mol. The number of hydrogen-bond donors (Lipinski definition) is 3. The minimum absolute atomic E-state index is 0.170. The molecule has 4 nitrogen and oxygen atoms in total. The van der Waals surface area contributed by atoms with Crippen molar-refractivity contribution in [3.8, 4) is 0 Å². The lowest BCUT2D eigenvalue weighted by Crippen LogP contribution is -2.39. The van der Waals surface area contributed by atoms with Crippen LogP contribution in [0.2, 0.25) is 0 Å². The molecule has 19 heavy (non-hydrogen) atoms. The number of carbonyl (C=O) groups excluding carboxylic acids is 1. The Morgan fingerprint density at radius 2 is 1.63 bits per heavy atom. The molecule has 0 amide bonds. The lowest BCUT2D eigenvalue weighted by Gasteiger charge is -2.22. The highest BCUT2D eigenvalue weighted by molar-refractivity contribution is 7.96. The van der Waals surface area contributed by atoms with Gasteiger partial charge in [0.2, 0.25) is 5.12 Å². The summed E-state index contributed by atoms with van der Waals surface area (Å²) in [4.78, 5) is 13.6. The van der Waals surface area contributed by atoms with Gasteiger partial charge in [0, 0.05) is 0 Å². The first-order chi connectivity index (χ1) is 9.15. The third kappa shape index (κ3) is 10.4. The molecule has 0 aliphatic carbocycles. The maximum atomic E-state index is 11.1. The predicted octanol–water partition coefficient (Wildman–Crippen LogP) is 2.35. The van der Waals surface area contributed by atoms with Crippen molar-refractivity contribution in [3.63, 3.8) is 0 Å². The van der Waals surface area contributed by atoms with E-state index in [2.05, 4.69) is 36.8 Å². The van der Waals surface area contributed by atoms with Crippen LogP contribution in [0.1, 0.15) is 58.8 Å². The van der Waals surface area contributed by atoms with Crippen LogP contribution in [-0.2, 0) is 4.79 Å². The Hall–Kier alpha value is -0.100. The van der Waals surface area contributed by atoms with Crippen molar-refractivity contribution >= 4 is 17.7 Å². The normalized spacial score (nSPS) is 12.9. The van der Waals surface area contributed by atoms with E-state index in [0.717, 1.165) is 25.8 Å². The molecule has 0 bridgehead atoms. The molecule has 3 N–H and O–H groups in total. The molecule has 1 atom stereocenters. The molecule has 0 heterocycles. The summed E-state index contributed by atoms with van der Waals surface area (Å²) in [5.41, 5.74) is 2.52. The van der Waals surface area contributed by atoms with Crippen LogP contribution in [0.15, 0.2) is 0 Å². The Morgan fingerprint density at radius 1 is 1.11 bits per heavy atom. The van der Waals surface area contributed by atoms with E-state index in [0.29, 0.717) is 0 Å². The molecule has 0 unspecified atom stereocenters. The van der Waals surface area contributed by atoms with Crippen molar-refractivity contribution in [3.05, 3.63) is 0 Å². The lowest BCUT2D eigenvalue weighted by atomic mass is 10.1. The predicted molar refractivity (Wildman–Crippen MR) is 85.2 cm³/mol. The van der Waals surface area contributed by atoms with E-state index >= 15 is 0 Å². The summed E-state index contributed by atoms with van der Waals surface area (Å²) in [5.74, 6) is 5.32. The summed E-state index contributed by atoms with van der Waals surface area (Å²) in [6.45, 7) is 7.97. The summed E-state index contributed by atoms with van der Waals surface area (Å²) < 4.78 is 0. The van der Waals surface area contributed by atoms with Gasteiger partial charge in [-0.05, 0) is 45.3 Å². The molecule has 0 saturated heterocycles. The third-order valence-corrected chi connectivity index (χ3v) is 3.68. The number of thiol groups is 1. The molecule has 0 aromatic heterocycles. The van der Waals surface area contributed by atoms with Crippen molar-refractivity contribution in [2.45, 2.75) is 64.8 Å². The minimum Gasteiger partial charge on any atom is -0.303 e. The van der Waals surface area contributed by atoms with Crippen molar-refractivity contribution in [2.24, 2.45) is 5.84 Å². The van der Waals surface area contributed by atoms with Gasteiger partial charge in [-0.25, -0.2) is 5.43 Å². The lowest BCUT2D eigenvalue weighted by molar-refractivity contribution is -0.112. The van der Waals surface area contributed by atoms with Gasteiger partial charge in [0.1, 0.15) is 0 Å². The number of hydrazine groups is 1. The molecule has 0 spiro atoms. The van der Waals surface area contributed by atoms with Crippen molar-refractivity contribution in [1.29, 1.82) is 0 Å². The molecule has 0 aromatic rings. The summed E-state index contributed by atoms with van der Waals surface area (Å²) in [6, 6.07) is -0.303. The zero-order valence-corrected chi connectivity index (χ0v) is 13.4. The molecule has 0 aromatic carbocycles. The standard InChI is InChI=1S/C14H31N3OS/c1-3-5-10-17(11-6-4-2)12-8-7-9-13(16-15)14(18)19/h13,16H,3-12,15H2,1-2H3,(H,18,19)/t13-/m0/s1. The SMILES string of the molecule is CCCCN(CCCC)CCCC[C@H](NN)C(=O)S. The molecule has 0 aliphatic rings. The van der Waals surface area contributed by atoms with Crippen LogP contribution in [0.25, 0.3) is 0 Å². The van der Waals surface area contributed by atoms with E-state index in [-0.39, 0.29) is 11.2 Å². The molecule has 0 radical (unpaired) electrons. The van der Waals surface area contributed by atoms with E-state index < -0.39 is 0 Å². The second-order valence-electron chi connectivity index (χ2n) is 5.10. The molecule has 5 heteroatoms. The van der Waals surface area contributed by atoms with Crippen molar-refractivity contribution in [1.82, 2.24) is 10.3 Å². The molecule has 0 saturated carbocycles. The molecule has 0 rings (SSSR count). The number of unbranched alkanes of at least 4 members (excludes halogenated alkanes) is 3. The van der Waals surface area contributed by atoms with Crippen LogP contribution < -0.4 is 11.3 Å². The summed E-state index contributed by atoms with van der Waals surface area (Å²) in [5, 5.41) is -0.170. The monoisotopic (exact) mass is 289 g/mol. The number of carbonyl (C=O) groups is 1. The smallest absolute Gasteiger partial charge is 0.204 e. The first-order valence-corrected chi connectivity index (χ1v) is 8.01. The van der Waals surface area contributed by atoms with Gasteiger partial charge in [-0.15, -0.1) is 12.6 Å². The Morgan fingerprint density at radius 3 is 2.05 bits per heavy atom. The number of nitrogens with two attached hydrogens (primary N) is 1. The number of rotatable bonds is 13. The van der Waals surface area contributed by atoms with E-state index in [1.54, 1.807) is 0 Å². The summed E-state index contributed by atoms with van der Waals surface area (Å²) in [6.07, 6.45) is 7.93. The minimum atomic E-state index is -0.303. The molecular formula is C14H31N3OS. The van der Waals surface area contributed by atoms with E-state index in [1.807, 2.05) is 0 Å². The Bertz CT molecular complexity index is 219. The van der Waals surface area contributed by atoms with Crippen LogP contribution in [0.4, 0.5) is 0 Å². The summed E-state index contributed by atoms with van der Waals surface area (Å²) in [7, 11) is 0. The van der Waals surface area contributed by atoms with Gasteiger partial charge in [0.15, 0.2) is 0 Å². The topological polar surface area (TPSA) is 58.4 Å². The summed E-state index contributed by atoms with van der Waals surface area (Å²) >= 11 is 3.82. The average Bonchev–Trinajstić information content (AvgIpc) is 2.40. The van der Waals surface area contributed by atoms with Gasteiger partial charge in [-0.2, -0.15) is 0 Å². The number of nitrogens with one attached hydrogen (secondary N) is 1. The maximum Gasteiger partial charge on any atom is 0.204 e. The van der Waals surface area contributed by atoms with Crippen LogP contribution in [-0.4, -0.2) is 35.7 Å². The van der Waals surface area contributed by atoms with Gasteiger partial charge < -0.3 is 4.90 Å². The first kappa shape index (κ1) is 18.9. The Kier molecular flexibility index (Phi) is 12.8. The van der Waals surface area contributed by atoms with Gasteiger partial charge >= 0.3 is 0 Å². The fourth-order valence-corrected chi connectivity index (χ4v) is 2.26. The third-order valence-electron chi connectivity index (χ3n) is 3.37. The number of hydrogen-bond acceptors (Lipinski definition) is 4. The van der Waals surface area contributed by atoms with Gasteiger partial charge in [0.25, 0.3) is 0 Å². The Balaban J connectivity index is 3.80. The first-order valence-electron chi connectivity index (χ1n) is 7.56. The van der Waals surface area contributed by atoms with Crippen LogP contribution >= 0.6 is 12.6 Å². The Labute approximate surface area is 123 Å². The van der Waals surface area contributed by atoms with Gasteiger partial charge in [-0.1, -0.05) is 33.1 Å². The second kappa shape index (κ2) is 12.9. The molecule has 114 valence electrons. The zero-order chi connectivity index (χ0) is 14.5. The van der Waals surface area contributed by atoms with Gasteiger partial charge in [0.05, 0.1) is 6.04 Å². The van der Waals surface area contributed by atoms with Gasteiger partial charge in [-0.3, -0.25) is 10.6 Å². The highest BCUT2D eigenvalue weighted by Crippen LogP contribution is 2.06. The quantitative estimate of drug-likeness (QED) is 0.211. The van der Waals surface area contributed by atoms with E-state index in [4.69, 9.17) is 5.84 Å². The van der Waals surface area contributed by atoms with E-state index in [1.165, 1.54) is 38.8 Å². The fraction of sp³-hybridized carbons (Fsp3) is 0.929. The van der Waals surface area contributed by atoms with Crippen LogP contribution in [0.5, 0.6) is 0 Å². The highest BCUT2D eigenvalue weighted by atomic mass is 32.1. The van der Waals surface area contributed by atoms with Crippen LogP contribution in [0, 0.1) is 0 Å². The number of nitrogens with zero attached hydrogens (tertiary/aromatic N) is 1. The molecule has 0 fully saturated rings. The maximum absolute atomic E-state index is 11.1. The second-order valence-corrected chi connectivity index (χ2v) is 5.54. The largest absolute Gasteiger partial charge is 0.303 e. The molecule has 0 aliphatic heterocycles. The van der Waals surface area contributed by atoms with Crippen molar-refractivity contribution in [2.75, 3.05) is 19.6 Å². The highest BCUT2D eigenvalue weighted by Gasteiger charge is 2.12. The zero-order valence-electron chi connectivity index (χ0n) is 12.5. The van der Waals surface area contributed by atoms with Crippen LogP contribution in [0.3, 0.4) is 0 Å². The average molecular weight is 289 g/mol.